The van der Waals surface area contributed by atoms with Crippen LogP contribution in [0.3, 0.4) is 0 Å². The topological polar surface area (TPSA) is 84.7 Å². The van der Waals surface area contributed by atoms with Crippen molar-refractivity contribution in [2.24, 2.45) is 11.7 Å². The Morgan fingerprint density at radius 3 is 2.68 bits per heavy atom. The Kier molecular flexibility index (Phi) is 7.62. The van der Waals surface area contributed by atoms with Crippen molar-refractivity contribution in [3.63, 3.8) is 0 Å². The molecule has 0 aromatic rings. The van der Waals surface area contributed by atoms with Crippen LogP contribution in [0.5, 0.6) is 0 Å². The number of carbonyl (C=O) groups is 2. The lowest BCUT2D eigenvalue weighted by atomic mass is 9.92. The van der Waals surface area contributed by atoms with Gasteiger partial charge in [-0.05, 0) is 45.3 Å². The molecule has 0 unspecified atom stereocenters. The van der Waals surface area contributed by atoms with Crippen LogP contribution in [0.4, 0.5) is 0 Å². The molecule has 1 rings (SSSR count). The molecule has 0 aromatic heterocycles. The second-order valence-electron chi connectivity index (χ2n) is 5.03. The Bertz CT molecular complexity index is 307. The molecule has 1 heterocycles. The highest BCUT2D eigenvalue weighted by molar-refractivity contribution is 14.1. The van der Waals surface area contributed by atoms with Crippen LogP contribution in [0.15, 0.2) is 0 Å². The average Bonchev–Trinajstić information content (AvgIpc) is 2.43. The summed E-state index contributed by atoms with van der Waals surface area (Å²) in [4.78, 5) is 25.0. The van der Waals surface area contributed by atoms with Gasteiger partial charge in [-0.25, -0.2) is 0 Å². The zero-order chi connectivity index (χ0) is 14.3. The zero-order valence-corrected chi connectivity index (χ0v) is 13.4. The average molecular weight is 383 g/mol. The number of amides is 1. The summed E-state index contributed by atoms with van der Waals surface area (Å²) in [6.07, 6.45) is 3.55. The van der Waals surface area contributed by atoms with Gasteiger partial charge in [0.1, 0.15) is 12.6 Å². The van der Waals surface area contributed by atoms with E-state index >= 15 is 0 Å². The molecule has 6 nitrogen and oxygen atoms in total. The number of nitrogens with two attached hydrogens (primary N) is 1. The molecule has 0 radical (unpaired) electrons. The minimum absolute atomic E-state index is 0.0545. The first-order valence-electron chi connectivity index (χ1n) is 6.53. The molecule has 1 saturated heterocycles. The van der Waals surface area contributed by atoms with Gasteiger partial charge in [0.05, 0.1) is 22.9 Å². The first-order valence-corrected chi connectivity index (χ1v) is 7.61. The van der Waals surface area contributed by atoms with Gasteiger partial charge in [0.15, 0.2) is 0 Å². The number of rotatable bonds is 6. The number of carbonyl (C=O) groups excluding carboxylic acids is 2. The predicted molar refractivity (Wildman–Crippen MR) is 80.6 cm³/mol. The van der Waals surface area contributed by atoms with E-state index in [1.165, 1.54) is 0 Å². The Morgan fingerprint density at radius 1 is 1.47 bits per heavy atom. The van der Waals surface area contributed by atoms with Crippen LogP contribution in [-0.2, 0) is 14.3 Å². The van der Waals surface area contributed by atoms with Crippen molar-refractivity contribution >= 4 is 34.7 Å². The predicted octanol–water partition coefficient (Wildman–Crippen LogP) is 0.445. The monoisotopic (exact) mass is 383 g/mol. The van der Waals surface area contributed by atoms with E-state index in [1.807, 2.05) is 0 Å². The molecular weight excluding hydrogens is 361 g/mol. The fourth-order valence-electron chi connectivity index (χ4n) is 2.07. The molecule has 1 amide bonds. The Hall–Kier alpha value is -0.410. The van der Waals surface area contributed by atoms with Crippen molar-refractivity contribution in [1.29, 1.82) is 0 Å². The molecular formula is C12H22IN3O3. The summed E-state index contributed by atoms with van der Waals surface area (Å²) in [5.74, 6) is 0.00872. The van der Waals surface area contributed by atoms with Gasteiger partial charge in [-0.15, -0.1) is 0 Å². The molecule has 1 aliphatic rings. The van der Waals surface area contributed by atoms with E-state index in [-0.39, 0.29) is 18.5 Å². The number of piperidine rings is 1. The molecule has 7 heteroatoms. The maximum atomic E-state index is 11.5. The van der Waals surface area contributed by atoms with E-state index in [2.05, 4.69) is 15.5 Å². The van der Waals surface area contributed by atoms with Crippen molar-refractivity contribution in [3.8, 4) is 0 Å². The van der Waals surface area contributed by atoms with Crippen LogP contribution in [0.25, 0.3) is 0 Å². The van der Waals surface area contributed by atoms with Gasteiger partial charge in [0.25, 0.3) is 0 Å². The SMILES string of the molecule is CN1CCC(CCC(=O)OC[C@H](N)C(=O)NI)CC1. The number of ether oxygens (including phenoxy) is 1. The molecule has 0 aromatic carbocycles. The van der Waals surface area contributed by atoms with Crippen molar-refractivity contribution in [3.05, 3.63) is 0 Å². The van der Waals surface area contributed by atoms with Gasteiger partial charge in [0, 0.05) is 6.42 Å². The van der Waals surface area contributed by atoms with Gasteiger partial charge in [0.2, 0.25) is 5.91 Å². The third-order valence-electron chi connectivity index (χ3n) is 3.45. The van der Waals surface area contributed by atoms with Gasteiger partial charge < -0.3 is 15.4 Å². The Balaban J connectivity index is 2.12. The Morgan fingerprint density at radius 2 is 2.11 bits per heavy atom. The maximum Gasteiger partial charge on any atom is 0.305 e. The number of halogens is 1. The van der Waals surface area contributed by atoms with Crippen LogP contribution in [0.2, 0.25) is 0 Å². The summed E-state index contributed by atoms with van der Waals surface area (Å²) in [7, 11) is 2.12. The fraction of sp³-hybridized carbons (Fsp3) is 0.833. The highest BCUT2D eigenvalue weighted by atomic mass is 127. The highest BCUT2D eigenvalue weighted by Gasteiger charge is 2.19. The molecule has 0 aliphatic carbocycles. The van der Waals surface area contributed by atoms with Gasteiger partial charge in [-0.3, -0.25) is 13.1 Å². The van der Waals surface area contributed by atoms with Gasteiger partial charge in [-0.2, -0.15) is 0 Å². The van der Waals surface area contributed by atoms with E-state index in [1.54, 1.807) is 22.9 Å². The van der Waals surface area contributed by atoms with Crippen molar-refractivity contribution in [2.75, 3.05) is 26.7 Å². The maximum absolute atomic E-state index is 11.5. The summed E-state index contributed by atoms with van der Waals surface area (Å²) in [5, 5.41) is 0. The first kappa shape index (κ1) is 16.6. The second-order valence-corrected chi connectivity index (χ2v) is 5.57. The van der Waals surface area contributed by atoms with Crippen LogP contribution in [0, 0.1) is 5.92 Å². The van der Waals surface area contributed by atoms with Crippen LogP contribution >= 0.6 is 22.9 Å². The minimum Gasteiger partial charge on any atom is -0.463 e. The number of likely N-dealkylation sites (tertiary alicyclic amines) is 1. The number of esters is 1. The van der Waals surface area contributed by atoms with E-state index in [0.29, 0.717) is 12.3 Å². The third-order valence-corrected chi connectivity index (χ3v) is 3.98. The summed E-state index contributed by atoms with van der Waals surface area (Å²) in [6.45, 7) is 2.14. The number of nitrogens with one attached hydrogen (secondary N) is 1. The highest BCUT2D eigenvalue weighted by Crippen LogP contribution is 2.21. The number of nitrogens with zero attached hydrogens (tertiary/aromatic N) is 1. The minimum atomic E-state index is -0.788. The van der Waals surface area contributed by atoms with Crippen molar-refractivity contribution in [1.82, 2.24) is 8.43 Å². The molecule has 0 bridgehead atoms. The summed E-state index contributed by atoms with van der Waals surface area (Å²) >= 11 is 1.71. The van der Waals surface area contributed by atoms with E-state index in [0.717, 1.165) is 32.4 Å². The van der Waals surface area contributed by atoms with Crippen LogP contribution in [-0.4, -0.2) is 49.6 Å². The summed E-state index contributed by atoms with van der Waals surface area (Å²) < 4.78 is 7.39. The fourth-order valence-corrected chi connectivity index (χ4v) is 2.47. The van der Waals surface area contributed by atoms with Gasteiger partial charge in [-0.1, -0.05) is 0 Å². The molecule has 0 spiro atoms. The molecule has 0 saturated carbocycles. The lowest BCUT2D eigenvalue weighted by Crippen LogP contribution is -2.40. The molecule has 1 aliphatic heterocycles. The molecule has 1 fully saturated rings. The second kappa shape index (κ2) is 8.70. The van der Waals surface area contributed by atoms with E-state index < -0.39 is 6.04 Å². The zero-order valence-electron chi connectivity index (χ0n) is 11.2. The quantitative estimate of drug-likeness (QED) is 0.395. The van der Waals surface area contributed by atoms with Crippen molar-refractivity contribution in [2.45, 2.75) is 31.7 Å². The largest absolute Gasteiger partial charge is 0.463 e. The molecule has 19 heavy (non-hydrogen) atoms. The third kappa shape index (κ3) is 6.53. The number of hydrogen-bond acceptors (Lipinski definition) is 5. The molecule has 3 N–H and O–H groups in total. The molecule has 1 atom stereocenters. The first-order chi connectivity index (χ1) is 9.02. The van der Waals surface area contributed by atoms with E-state index in [9.17, 15) is 9.59 Å². The normalized spacial score (nSPS) is 18.9. The smallest absolute Gasteiger partial charge is 0.305 e. The summed E-state index contributed by atoms with van der Waals surface area (Å²) in [6, 6.07) is -0.788. The Labute approximate surface area is 127 Å². The van der Waals surface area contributed by atoms with Crippen molar-refractivity contribution < 1.29 is 14.3 Å². The number of hydrogen-bond donors (Lipinski definition) is 2. The van der Waals surface area contributed by atoms with Crippen LogP contribution in [0.1, 0.15) is 25.7 Å². The standard InChI is InChI=1S/C12H22IN3O3/c1-16-6-4-9(5-7-16)2-3-11(17)19-8-10(14)12(18)15-13/h9-10H,2-8,14H2,1H3,(H,15,18)/t10-/m0/s1. The summed E-state index contributed by atoms with van der Waals surface area (Å²) in [5.41, 5.74) is 5.53. The lowest BCUT2D eigenvalue weighted by molar-refractivity contribution is -0.145. The van der Waals surface area contributed by atoms with Gasteiger partial charge >= 0.3 is 5.97 Å². The van der Waals surface area contributed by atoms with E-state index in [4.69, 9.17) is 10.5 Å². The van der Waals surface area contributed by atoms with Crippen LogP contribution < -0.4 is 9.26 Å². The molecule has 110 valence electrons. The lowest BCUT2D eigenvalue weighted by Gasteiger charge is -2.28.